The number of benzene rings is 2. The van der Waals surface area contributed by atoms with Crippen LogP contribution in [0.15, 0.2) is 71.5 Å². The summed E-state index contributed by atoms with van der Waals surface area (Å²) < 4.78 is 0. The normalized spacial score (nSPS) is 15.8. The summed E-state index contributed by atoms with van der Waals surface area (Å²) in [7, 11) is 0. The molecule has 1 unspecified atom stereocenters. The van der Waals surface area contributed by atoms with Crippen molar-refractivity contribution in [3.8, 4) is 0 Å². The molecular formula is C35H54N2. The van der Waals surface area contributed by atoms with Crippen molar-refractivity contribution in [2.45, 2.75) is 101 Å². The molecule has 0 aliphatic carbocycles. The Balaban J connectivity index is 0.000000315. The average molecular weight is 503 g/mol. The Bertz CT molecular complexity index is 994. The van der Waals surface area contributed by atoms with Crippen molar-refractivity contribution >= 4 is 5.71 Å². The van der Waals surface area contributed by atoms with Crippen LogP contribution in [-0.4, -0.2) is 23.7 Å². The second-order valence-electron chi connectivity index (χ2n) is 10.6. The Kier molecular flexibility index (Phi) is 15.6. The Morgan fingerprint density at radius 1 is 1.00 bits per heavy atom. The van der Waals surface area contributed by atoms with Gasteiger partial charge in [-0.05, 0) is 101 Å². The summed E-state index contributed by atoms with van der Waals surface area (Å²) in [4.78, 5) is 7.03. The predicted molar refractivity (Wildman–Crippen MR) is 167 cm³/mol. The maximum absolute atomic E-state index is 4.76. The third kappa shape index (κ3) is 12.5. The summed E-state index contributed by atoms with van der Waals surface area (Å²) in [6.07, 6.45) is 9.13. The molecule has 0 radical (unpaired) electrons. The van der Waals surface area contributed by atoms with Crippen molar-refractivity contribution in [3.05, 3.63) is 94.3 Å². The number of aliphatic imine (C=N–C) groups is 1. The van der Waals surface area contributed by atoms with E-state index in [9.17, 15) is 0 Å². The number of likely N-dealkylation sites (tertiary alicyclic amines) is 1. The molecule has 1 saturated heterocycles. The molecule has 1 aliphatic rings. The fraction of sp³-hybridized carbons (Fsp3) is 0.514. The first-order valence-electron chi connectivity index (χ1n) is 14.4. The van der Waals surface area contributed by atoms with Crippen molar-refractivity contribution in [1.82, 2.24) is 4.90 Å². The van der Waals surface area contributed by atoms with Gasteiger partial charge in [0, 0.05) is 24.5 Å². The van der Waals surface area contributed by atoms with Crippen molar-refractivity contribution in [2.24, 2.45) is 10.9 Å². The fourth-order valence-electron chi connectivity index (χ4n) is 4.46. The van der Waals surface area contributed by atoms with E-state index in [1.807, 2.05) is 6.20 Å². The molecule has 0 bridgehead atoms. The average Bonchev–Trinajstić information content (AvgIpc) is 3.31. The lowest BCUT2D eigenvalue weighted by molar-refractivity contribution is 0.449. The standard InChI is InChI=1S/C18H27N.C10H14.C7H13N/c1-7-9-13(3)15(5)19-16(6)18-11-10-17(8-2)14(4)12-18;1-3-4-10-7-5-9(2)6-8-10;1-3-8-5-4-7(2)6-8/h10-12H,7-9H2,1-6H3;5-8H,3-4H2,1-2H3;3,7H,1,4-6H2,2H3/b15-13+,19-16?;;. The number of hydrogen-bond donors (Lipinski definition) is 0. The highest BCUT2D eigenvalue weighted by Gasteiger charge is 2.13. The van der Waals surface area contributed by atoms with Crippen LogP contribution < -0.4 is 0 Å². The van der Waals surface area contributed by atoms with Crippen molar-refractivity contribution in [2.75, 3.05) is 13.1 Å². The molecule has 1 heterocycles. The Morgan fingerprint density at radius 2 is 1.68 bits per heavy atom. The van der Waals surface area contributed by atoms with Gasteiger partial charge in [-0.1, -0.05) is 94.7 Å². The molecule has 204 valence electrons. The minimum Gasteiger partial charge on any atom is -0.378 e. The van der Waals surface area contributed by atoms with Crippen molar-refractivity contribution in [3.63, 3.8) is 0 Å². The molecular weight excluding hydrogens is 448 g/mol. The van der Waals surface area contributed by atoms with Crippen LogP contribution in [0.5, 0.6) is 0 Å². The molecule has 0 aromatic heterocycles. The minimum atomic E-state index is 0.882. The number of rotatable bonds is 8. The number of nitrogens with zero attached hydrogens (tertiary/aromatic N) is 2. The monoisotopic (exact) mass is 502 g/mol. The van der Waals surface area contributed by atoms with Crippen LogP contribution in [0.1, 0.15) is 102 Å². The molecule has 3 rings (SSSR count). The van der Waals surface area contributed by atoms with Gasteiger partial charge in [-0.15, -0.1) is 0 Å². The summed E-state index contributed by atoms with van der Waals surface area (Å²) in [5.74, 6) is 0.882. The van der Waals surface area contributed by atoms with E-state index < -0.39 is 0 Å². The molecule has 2 heteroatoms. The topological polar surface area (TPSA) is 15.6 Å². The number of aryl methyl sites for hydroxylation is 4. The maximum Gasteiger partial charge on any atom is 0.0448 e. The first-order valence-corrected chi connectivity index (χ1v) is 14.4. The predicted octanol–water partition coefficient (Wildman–Crippen LogP) is 9.88. The quantitative estimate of drug-likeness (QED) is 0.328. The molecule has 0 amide bonds. The molecule has 2 aromatic carbocycles. The van der Waals surface area contributed by atoms with E-state index in [0.717, 1.165) is 30.2 Å². The minimum absolute atomic E-state index is 0.882. The van der Waals surface area contributed by atoms with Gasteiger partial charge in [0.15, 0.2) is 0 Å². The smallest absolute Gasteiger partial charge is 0.0448 e. The summed E-state index contributed by atoms with van der Waals surface area (Å²) in [6, 6.07) is 15.4. The van der Waals surface area contributed by atoms with E-state index in [0.29, 0.717) is 0 Å². The first-order chi connectivity index (χ1) is 17.6. The molecule has 2 aromatic rings. The van der Waals surface area contributed by atoms with Crippen LogP contribution in [0.2, 0.25) is 0 Å². The summed E-state index contributed by atoms with van der Waals surface area (Å²) in [6.45, 7) is 25.7. The third-order valence-electron chi connectivity index (χ3n) is 7.09. The van der Waals surface area contributed by atoms with E-state index in [1.165, 1.54) is 72.2 Å². The van der Waals surface area contributed by atoms with Gasteiger partial charge in [0.1, 0.15) is 0 Å². The highest BCUT2D eigenvalue weighted by Crippen LogP contribution is 2.16. The molecule has 0 spiro atoms. The second kappa shape index (κ2) is 17.8. The van der Waals surface area contributed by atoms with Crippen LogP contribution >= 0.6 is 0 Å². The van der Waals surface area contributed by atoms with Crippen LogP contribution in [0.4, 0.5) is 0 Å². The van der Waals surface area contributed by atoms with Crippen molar-refractivity contribution < 1.29 is 0 Å². The summed E-state index contributed by atoms with van der Waals surface area (Å²) in [5.41, 5.74) is 10.5. The lowest BCUT2D eigenvalue weighted by Crippen LogP contribution is -2.11. The molecule has 1 fully saturated rings. The van der Waals surface area contributed by atoms with Crippen LogP contribution in [0.3, 0.4) is 0 Å². The highest BCUT2D eigenvalue weighted by atomic mass is 15.1. The van der Waals surface area contributed by atoms with E-state index in [2.05, 4.69) is 116 Å². The van der Waals surface area contributed by atoms with Gasteiger partial charge >= 0.3 is 0 Å². The van der Waals surface area contributed by atoms with Gasteiger partial charge in [-0.25, -0.2) is 0 Å². The first kappa shape index (κ1) is 32.4. The maximum atomic E-state index is 4.76. The number of allylic oxidation sites excluding steroid dienone is 2. The highest BCUT2D eigenvalue weighted by molar-refractivity contribution is 5.99. The fourth-order valence-corrected chi connectivity index (χ4v) is 4.46. The summed E-state index contributed by atoms with van der Waals surface area (Å²) in [5, 5.41) is 0. The van der Waals surface area contributed by atoms with Crippen LogP contribution in [0, 0.1) is 19.8 Å². The van der Waals surface area contributed by atoms with Gasteiger partial charge in [0.05, 0.1) is 0 Å². The zero-order valence-electron chi connectivity index (χ0n) is 25.5. The summed E-state index contributed by atoms with van der Waals surface area (Å²) >= 11 is 0. The zero-order valence-corrected chi connectivity index (χ0v) is 25.5. The van der Waals surface area contributed by atoms with E-state index in [4.69, 9.17) is 4.99 Å². The van der Waals surface area contributed by atoms with Gasteiger partial charge < -0.3 is 4.90 Å². The third-order valence-corrected chi connectivity index (χ3v) is 7.09. The van der Waals surface area contributed by atoms with Crippen LogP contribution in [0.25, 0.3) is 0 Å². The number of hydrogen-bond acceptors (Lipinski definition) is 2. The molecule has 0 saturated carbocycles. The van der Waals surface area contributed by atoms with E-state index in [1.54, 1.807) is 0 Å². The Morgan fingerprint density at radius 3 is 2.14 bits per heavy atom. The largest absolute Gasteiger partial charge is 0.378 e. The van der Waals surface area contributed by atoms with Gasteiger partial charge in [-0.3, -0.25) is 4.99 Å². The van der Waals surface area contributed by atoms with Gasteiger partial charge in [0.2, 0.25) is 0 Å². The van der Waals surface area contributed by atoms with E-state index >= 15 is 0 Å². The Hall–Kier alpha value is -2.61. The van der Waals surface area contributed by atoms with Gasteiger partial charge in [-0.2, -0.15) is 0 Å². The SMILES string of the molecule is C=CN1CCC(C)C1.CCC/C(C)=C(\C)N=C(C)c1ccc(CC)c(C)c1.CCCc1ccc(C)cc1. The van der Waals surface area contributed by atoms with E-state index in [-0.39, 0.29) is 0 Å². The molecule has 0 N–H and O–H groups in total. The van der Waals surface area contributed by atoms with Gasteiger partial charge in [0.25, 0.3) is 0 Å². The van der Waals surface area contributed by atoms with Crippen molar-refractivity contribution in [1.29, 1.82) is 0 Å². The lowest BCUT2D eigenvalue weighted by atomic mass is 10.0. The molecule has 37 heavy (non-hydrogen) atoms. The van der Waals surface area contributed by atoms with Crippen LogP contribution in [-0.2, 0) is 12.8 Å². The molecule has 1 atom stereocenters. The Labute approximate surface area is 229 Å². The zero-order chi connectivity index (χ0) is 27.8. The second-order valence-corrected chi connectivity index (χ2v) is 10.6. The molecule has 1 aliphatic heterocycles. The lowest BCUT2D eigenvalue weighted by Gasteiger charge is -2.08. The molecule has 2 nitrogen and oxygen atoms in total.